The van der Waals surface area contributed by atoms with Crippen LogP contribution >= 0.6 is 11.6 Å². The molecule has 1 aliphatic rings. The van der Waals surface area contributed by atoms with Crippen molar-refractivity contribution < 1.29 is 9.18 Å². The first-order chi connectivity index (χ1) is 10.1. The number of fused-ring (bicyclic) bond motifs is 1. The Morgan fingerprint density at radius 1 is 1.33 bits per heavy atom. The van der Waals surface area contributed by atoms with Gasteiger partial charge in [0.2, 0.25) is 5.91 Å². The molecule has 0 saturated heterocycles. The Morgan fingerprint density at radius 3 is 2.90 bits per heavy atom. The van der Waals surface area contributed by atoms with Crippen LogP contribution in [0.4, 0.5) is 15.8 Å². The number of hydrogen-bond acceptors (Lipinski definition) is 2. The summed E-state index contributed by atoms with van der Waals surface area (Å²) < 4.78 is 13.8. The first kappa shape index (κ1) is 13.9. The van der Waals surface area contributed by atoms with Crippen LogP contribution in [-0.2, 0) is 17.6 Å². The lowest BCUT2D eigenvalue weighted by Crippen LogP contribution is -2.30. The van der Waals surface area contributed by atoms with E-state index in [1.54, 1.807) is 17.0 Å². The molecule has 0 fully saturated rings. The molecule has 1 amide bonds. The van der Waals surface area contributed by atoms with Gasteiger partial charge in [-0.3, -0.25) is 4.79 Å². The van der Waals surface area contributed by atoms with Crippen LogP contribution in [0.1, 0.15) is 11.1 Å². The summed E-state index contributed by atoms with van der Waals surface area (Å²) in [6, 6.07) is 9.90. The Labute approximate surface area is 127 Å². The highest BCUT2D eigenvalue weighted by Crippen LogP contribution is 2.30. The minimum Gasteiger partial charge on any atom is -0.399 e. The van der Waals surface area contributed by atoms with Crippen molar-refractivity contribution in [2.45, 2.75) is 12.8 Å². The summed E-state index contributed by atoms with van der Waals surface area (Å²) in [4.78, 5) is 14.1. The van der Waals surface area contributed by atoms with E-state index in [1.165, 1.54) is 12.1 Å². The smallest absolute Gasteiger partial charge is 0.231 e. The lowest BCUT2D eigenvalue weighted by molar-refractivity contribution is -0.117. The third kappa shape index (κ3) is 2.59. The van der Waals surface area contributed by atoms with Gasteiger partial charge in [-0.15, -0.1) is 0 Å². The van der Waals surface area contributed by atoms with E-state index in [-0.39, 0.29) is 22.9 Å². The van der Waals surface area contributed by atoms with Crippen molar-refractivity contribution in [2.24, 2.45) is 0 Å². The fourth-order valence-electron chi connectivity index (χ4n) is 2.63. The zero-order chi connectivity index (χ0) is 15.0. The summed E-state index contributed by atoms with van der Waals surface area (Å²) in [6.07, 6.45) is 0.715. The molecule has 1 heterocycles. The van der Waals surface area contributed by atoms with E-state index >= 15 is 0 Å². The number of nitrogen functional groups attached to an aromatic ring is 1. The number of halogens is 2. The van der Waals surface area contributed by atoms with Gasteiger partial charge < -0.3 is 10.6 Å². The second-order valence-electron chi connectivity index (χ2n) is 5.06. The monoisotopic (exact) mass is 304 g/mol. The molecule has 2 N–H and O–H groups in total. The fraction of sp³-hybridized carbons (Fsp3) is 0.188. The predicted octanol–water partition coefficient (Wildman–Crippen LogP) is 3.19. The molecule has 0 unspecified atom stereocenters. The van der Waals surface area contributed by atoms with E-state index in [2.05, 4.69) is 0 Å². The molecule has 0 aromatic heterocycles. The first-order valence-corrected chi connectivity index (χ1v) is 7.05. The van der Waals surface area contributed by atoms with Crippen molar-refractivity contribution in [3.05, 3.63) is 58.4 Å². The molecular formula is C16H14ClFN2O. The Balaban J connectivity index is 1.85. The maximum Gasteiger partial charge on any atom is 0.231 e. The number of nitrogens with zero attached hydrogens (tertiary/aromatic N) is 1. The Morgan fingerprint density at radius 2 is 2.14 bits per heavy atom. The highest BCUT2D eigenvalue weighted by atomic mass is 35.5. The molecule has 2 aromatic rings. The maximum absolute atomic E-state index is 13.8. The van der Waals surface area contributed by atoms with Gasteiger partial charge >= 0.3 is 0 Å². The lowest BCUT2D eigenvalue weighted by atomic mass is 10.1. The summed E-state index contributed by atoms with van der Waals surface area (Å²) in [5.74, 6) is -0.613. The van der Waals surface area contributed by atoms with Gasteiger partial charge in [0.15, 0.2) is 0 Å². The first-order valence-electron chi connectivity index (χ1n) is 6.68. The maximum atomic E-state index is 13.8. The van der Waals surface area contributed by atoms with Crippen LogP contribution in [0.3, 0.4) is 0 Å². The third-order valence-corrected chi connectivity index (χ3v) is 4.04. The fourth-order valence-corrected chi connectivity index (χ4v) is 2.86. The van der Waals surface area contributed by atoms with Gasteiger partial charge in [-0.05, 0) is 42.3 Å². The molecule has 5 heteroatoms. The average molecular weight is 305 g/mol. The van der Waals surface area contributed by atoms with Crippen molar-refractivity contribution in [1.29, 1.82) is 0 Å². The number of anilines is 2. The van der Waals surface area contributed by atoms with Crippen molar-refractivity contribution in [2.75, 3.05) is 17.2 Å². The molecule has 2 aromatic carbocycles. The number of rotatable bonds is 2. The molecule has 0 bridgehead atoms. The van der Waals surface area contributed by atoms with Crippen LogP contribution in [0, 0.1) is 5.82 Å². The largest absolute Gasteiger partial charge is 0.399 e. The van der Waals surface area contributed by atoms with Gasteiger partial charge in [0.05, 0.1) is 6.42 Å². The Hall–Kier alpha value is -2.07. The van der Waals surface area contributed by atoms with Crippen molar-refractivity contribution in [3.63, 3.8) is 0 Å². The summed E-state index contributed by atoms with van der Waals surface area (Å²) >= 11 is 5.97. The summed E-state index contributed by atoms with van der Waals surface area (Å²) in [5, 5.41) is 0.278. The third-order valence-electron chi connectivity index (χ3n) is 3.69. The van der Waals surface area contributed by atoms with E-state index in [9.17, 15) is 9.18 Å². The number of nitrogens with two attached hydrogens (primary N) is 1. The molecule has 0 spiro atoms. The topological polar surface area (TPSA) is 46.3 Å². The lowest BCUT2D eigenvalue weighted by Gasteiger charge is -2.18. The zero-order valence-corrected chi connectivity index (χ0v) is 12.0. The van der Waals surface area contributed by atoms with Gasteiger partial charge in [0, 0.05) is 28.5 Å². The van der Waals surface area contributed by atoms with Crippen LogP contribution in [0.15, 0.2) is 36.4 Å². The van der Waals surface area contributed by atoms with Gasteiger partial charge in [-0.2, -0.15) is 0 Å². The van der Waals surface area contributed by atoms with E-state index in [4.69, 9.17) is 17.3 Å². The summed E-state index contributed by atoms with van der Waals surface area (Å²) in [7, 11) is 0. The SMILES string of the molecule is Nc1ccc2c(c1)CCN2C(=O)Cc1c(F)cccc1Cl. The standard InChI is InChI=1S/C16H14ClFN2O/c17-13-2-1-3-14(18)12(13)9-16(21)20-7-6-10-8-11(19)4-5-15(10)20/h1-5,8H,6-7,9,19H2. The predicted molar refractivity (Wildman–Crippen MR) is 82.0 cm³/mol. The highest BCUT2D eigenvalue weighted by Gasteiger charge is 2.25. The van der Waals surface area contributed by atoms with E-state index in [0.29, 0.717) is 12.2 Å². The molecule has 108 valence electrons. The van der Waals surface area contributed by atoms with Crippen LogP contribution in [0.25, 0.3) is 0 Å². The number of carbonyl (C=O) groups is 1. The molecule has 0 aliphatic carbocycles. The molecule has 3 nitrogen and oxygen atoms in total. The average Bonchev–Trinajstić information content (AvgIpc) is 2.85. The molecule has 3 rings (SSSR count). The van der Waals surface area contributed by atoms with Gasteiger partial charge in [-0.1, -0.05) is 17.7 Å². The molecule has 0 saturated carbocycles. The van der Waals surface area contributed by atoms with E-state index < -0.39 is 5.82 Å². The molecular weight excluding hydrogens is 291 g/mol. The van der Waals surface area contributed by atoms with E-state index in [1.807, 2.05) is 12.1 Å². The molecule has 21 heavy (non-hydrogen) atoms. The Bertz CT molecular complexity index is 697. The van der Waals surface area contributed by atoms with Crippen LogP contribution in [-0.4, -0.2) is 12.5 Å². The number of benzene rings is 2. The minimum atomic E-state index is -0.451. The van der Waals surface area contributed by atoms with Gasteiger partial charge in [0.1, 0.15) is 5.82 Å². The normalized spacial score (nSPS) is 13.3. The molecule has 1 aliphatic heterocycles. The van der Waals surface area contributed by atoms with Crippen LogP contribution in [0.5, 0.6) is 0 Å². The van der Waals surface area contributed by atoms with Crippen LogP contribution < -0.4 is 10.6 Å². The van der Waals surface area contributed by atoms with Crippen molar-refractivity contribution >= 4 is 28.9 Å². The van der Waals surface area contributed by atoms with Gasteiger partial charge in [-0.25, -0.2) is 4.39 Å². The van der Waals surface area contributed by atoms with Crippen molar-refractivity contribution in [1.82, 2.24) is 0 Å². The quantitative estimate of drug-likeness (QED) is 0.866. The minimum absolute atomic E-state index is 0.0463. The van der Waals surface area contributed by atoms with E-state index in [0.717, 1.165) is 17.7 Å². The summed E-state index contributed by atoms with van der Waals surface area (Å²) in [6.45, 7) is 0.587. The van der Waals surface area contributed by atoms with Crippen molar-refractivity contribution in [3.8, 4) is 0 Å². The zero-order valence-electron chi connectivity index (χ0n) is 11.3. The second-order valence-corrected chi connectivity index (χ2v) is 5.47. The number of hydrogen-bond donors (Lipinski definition) is 1. The number of carbonyl (C=O) groups excluding carboxylic acids is 1. The summed E-state index contributed by atoms with van der Waals surface area (Å²) in [5.41, 5.74) is 8.56. The molecule has 0 atom stereocenters. The van der Waals surface area contributed by atoms with Gasteiger partial charge in [0.25, 0.3) is 0 Å². The molecule has 0 radical (unpaired) electrons. The number of amides is 1. The van der Waals surface area contributed by atoms with Crippen LogP contribution in [0.2, 0.25) is 5.02 Å². The second kappa shape index (κ2) is 5.37. The highest BCUT2D eigenvalue weighted by molar-refractivity contribution is 6.31. The Kier molecular flexibility index (Phi) is 3.55.